The van der Waals surface area contributed by atoms with Crippen LogP contribution < -0.4 is 30.7 Å². The molecule has 3 aromatic carbocycles. The van der Waals surface area contributed by atoms with Gasteiger partial charge in [0.2, 0.25) is 12.7 Å². The summed E-state index contributed by atoms with van der Waals surface area (Å²) in [6.45, 7) is 2.86. The van der Waals surface area contributed by atoms with Crippen LogP contribution in [0.4, 0.5) is 21.0 Å². The van der Waals surface area contributed by atoms with Gasteiger partial charge in [0.15, 0.2) is 11.5 Å². The van der Waals surface area contributed by atoms with Gasteiger partial charge < -0.3 is 40.7 Å². The SMILES string of the molecule is Cc1ccccc1NC(=O)Nc1ccc(CN2CCC[C@H](NC(=O)N[C@H](CC(=O)O)c3ccc4c(c3)OCO4)C2=O)cc1. The monoisotopic (exact) mass is 587 g/mol. The van der Waals surface area contributed by atoms with Crippen LogP contribution in [0.3, 0.4) is 0 Å². The van der Waals surface area contributed by atoms with Crippen molar-refractivity contribution in [3.05, 3.63) is 83.4 Å². The zero-order chi connectivity index (χ0) is 30.3. The number of ether oxygens (including phenoxy) is 2. The number of carbonyl (C=O) groups excluding carboxylic acids is 3. The van der Waals surface area contributed by atoms with Gasteiger partial charge in [-0.05, 0) is 66.8 Å². The molecule has 0 aliphatic carbocycles. The number of urea groups is 2. The van der Waals surface area contributed by atoms with Crippen LogP contribution in [-0.2, 0) is 16.1 Å². The second-order valence-electron chi connectivity index (χ2n) is 10.4. The van der Waals surface area contributed by atoms with E-state index in [0.717, 1.165) is 16.8 Å². The van der Waals surface area contributed by atoms with Gasteiger partial charge in [0.1, 0.15) is 6.04 Å². The Labute approximate surface area is 248 Å². The largest absolute Gasteiger partial charge is 0.481 e. The molecule has 224 valence electrons. The predicted molar refractivity (Wildman–Crippen MR) is 158 cm³/mol. The van der Waals surface area contributed by atoms with Crippen LogP contribution in [0.15, 0.2) is 66.7 Å². The minimum absolute atomic E-state index is 0.0727. The number of benzene rings is 3. The average Bonchev–Trinajstić information content (AvgIpc) is 3.45. The van der Waals surface area contributed by atoms with Crippen molar-refractivity contribution < 1.29 is 33.8 Å². The van der Waals surface area contributed by atoms with E-state index in [0.29, 0.717) is 48.7 Å². The van der Waals surface area contributed by atoms with Crippen LogP contribution in [-0.4, -0.2) is 53.3 Å². The number of para-hydroxylation sites is 1. The van der Waals surface area contributed by atoms with E-state index in [1.54, 1.807) is 35.2 Å². The zero-order valence-electron chi connectivity index (χ0n) is 23.6. The van der Waals surface area contributed by atoms with E-state index in [1.165, 1.54) is 0 Å². The van der Waals surface area contributed by atoms with Gasteiger partial charge in [-0.25, -0.2) is 9.59 Å². The fourth-order valence-electron chi connectivity index (χ4n) is 5.06. The molecule has 5 N–H and O–H groups in total. The Morgan fingerprint density at radius 2 is 1.74 bits per heavy atom. The highest BCUT2D eigenvalue weighted by atomic mass is 16.7. The number of rotatable bonds is 9. The first kappa shape index (κ1) is 29.2. The Bertz CT molecular complexity index is 1510. The number of aryl methyl sites for hydroxylation is 1. The normalized spacial score (nSPS) is 16.3. The molecule has 2 aliphatic heterocycles. The highest BCUT2D eigenvalue weighted by Crippen LogP contribution is 2.35. The van der Waals surface area contributed by atoms with Gasteiger partial charge in [-0.3, -0.25) is 9.59 Å². The van der Waals surface area contributed by atoms with Gasteiger partial charge in [-0.15, -0.1) is 0 Å². The summed E-state index contributed by atoms with van der Waals surface area (Å²) in [5.41, 5.74) is 3.70. The Kier molecular flexibility index (Phi) is 8.94. The number of nitrogens with zero attached hydrogens (tertiary/aromatic N) is 1. The fourth-order valence-corrected chi connectivity index (χ4v) is 5.06. The number of carbonyl (C=O) groups is 4. The molecule has 1 fully saturated rings. The Balaban J connectivity index is 1.15. The molecule has 5 amide bonds. The maximum atomic E-state index is 13.2. The van der Waals surface area contributed by atoms with Gasteiger partial charge in [-0.2, -0.15) is 0 Å². The van der Waals surface area contributed by atoms with E-state index in [4.69, 9.17) is 9.47 Å². The number of hydrogen-bond donors (Lipinski definition) is 5. The van der Waals surface area contributed by atoms with Crippen molar-refractivity contribution in [1.82, 2.24) is 15.5 Å². The van der Waals surface area contributed by atoms with Crippen molar-refractivity contribution in [3.63, 3.8) is 0 Å². The molecule has 12 heteroatoms. The van der Waals surface area contributed by atoms with E-state index >= 15 is 0 Å². The van der Waals surface area contributed by atoms with Crippen LogP contribution in [0, 0.1) is 6.92 Å². The molecular weight excluding hydrogens is 554 g/mol. The van der Waals surface area contributed by atoms with Crippen LogP contribution in [0.5, 0.6) is 11.5 Å². The van der Waals surface area contributed by atoms with Gasteiger partial charge in [-0.1, -0.05) is 36.4 Å². The summed E-state index contributed by atoms with van der Waals surface area (Å²) in [5, 5.41) is 20.4. The highest BCUT2D eigenvalue weighted by molar-refractivity contribution is 6.00. The standard InChI is InChI=1S/C31H33N5O7/c1-19-5-2-3-6-23(19)33-30(40)32-22-11-8-20(9-12-22)17-36-14-4-7-24(29(36)39)34-31(41)35-25(16-28(37)38)21-10-13-26-27(15-21)43-18-42-26/h2-3,5-6,8-13,15,24-25H,4,7,14,16-18H2,1H3,(H,37,38)(H2,32,33,40)(H2,34,35,41)/t24-,25+/m0/s1. The zero-order valence-corrected chi connectivity index (χ0v) is 23.6. The lowest BCUT2D eigenvalue weighted by molar-refractivity contribution is -0.138. The van der Waals surface area contributed by atoms with Gasteiger partial charge >= 0.3 is 18.0 Å². The molecular formula is C31H33N5O7. The first-order valence-electron chi connectivity index (χ1n) is 13.9. The van der Waals surface area contributed by atoms with Gasteiger partial charge in [0.25, 0.3) is 0 Å². The molecule has 0 saturated carbocycles. The molecule has 0 radical (unpaired) electrons. The molecule has 0 bridgehead atoms. The van der Waals surface area contributed by atoms with E-state index < -0.39 is 24.1 Å². The molecule has 12 nitrogen and oxygen atoms in total. The van der Waals surface area contributed by atoms with Crippen LogP contribution >= 0.6 is 0 Å². The number of carboxylic acid groups (broad SMARTS) is 1. The number of anilines is 2. The predicted octanol–water partition coefficient (Wildman–Crippen LogP) is 4.37. The summed E-state index contributed by atoms with van der Waals surface area (Å²) in [5.74, 6) is -0.289. The van der Waals surface area contributed by atoms with Crippen molar-refractivity contribution in [1.29, 1.82) is 0 Å². The van der Waals surface area contributed by atoms with E-state index in [-0.39, 0.29) is 25.2 Å². The third kappa shape index (κ3) is 7.53. The minimum atomic E-state index is -1.09. The fraction of sp³-hybridized carbons (Fsp3) is 0.290. The van der Waals surface area contributed by atoms with Gasteiger partial charge in [0.05, 0.1) is 12.5 Å². The lowest BCUT2D eigenvalue weighted by Gasteiger charge is -2.33. The average molecular weight is 588 g/mol. The molecule has 3 aromatic rings. The molecule has 43 heavy (non-hydrogen) atoms. The summed E-state index contributed by atoms with van der Waals surface area (Å²) in [7, 11) is 0. The second-order valence-corrected chi connectivity index (χ2v) is 10.4. The number of carboxylic acids is 1. The third-order valence-electron chi connectivity index (χ3n) is 7.30. The topological polar surface area (TPSA) is 158 Å². The van der Waals surface area contributed by atoms with Crippen molar-refractivity contribution >= 4 is 35.3 Å². The molecule has 0 aromatic heterocycles. The number of likely N-dealkylation sites (tertiary alicyclic amines) is 1. The van der Waals surface area contributed by atoms with Gasteiger partial charge in [0, 0.05) is 24.5 Å². The first-order chi connectivity index (χ1) is 20.7. The molecule has 1 saturated heterocycles. The van der Waals surface area contributed by atoms with Crippen LogP contribution in [0.25, 0.3) is 0 Å². The Morgan fingerprint density at radius 3 is 2.51 bits per heavy atom. The molecule has 2 atom stereocenters. The summed E-state index contributed by atoms with van der Waals surface area (Å²) in [6, 6.07) is 17.1. The van der Waals surface area contributed by atoms with Crippen LogP contribution in [0.2, 0.25) is 0 Å². The summed E-state index contributed by atoms with van der Waals surface area (Å²) in [4.78, 5) is 51.7. The van der Waals surface area contributed by atoms with Crippen molar-refractivity contribution in [3.8, 4) is 11.5 Å². The molecule has 0 spiro atoms. The van der Waals surface area contributed by atoms with E-state index in [2.05, 4.69) is 21.3 Å². The lowest BCUT2D eigenvalue weighted by Crippen LogP contribution is -2.54. The number of aliphatic carboxylic acids is 1. The lowest BCUT2D eigenvalue weighted by atomic mass is 10.0. The Hall–Kier alpha value is -5.26. The van der Waals surface area contributed by atoms with E-state index in [1.807, 2.05) is 43.3 Å². The van der Waals surface area contributed by atoms with Crippen molar-refractivity contribution in [2.24, 2.45) is 0 Å². The quantitative estimate of drug-likeness (QED) is 0.249. The van der Waals surface area contributed by atoms with Crippen molar-refractivity contribution in [2.45, 2.75) is 44.8 Å². The minimum Gasteiger partial charge on any atom is -0.481 e. The highest BCUT2D eigenvalue weighted by Gasteiger charge is 2.31. The smallest absolute Gasteiger partial charge is 0.323 e. The van der Waals surface area contributed by atoms with Crippen molar-refractivity contribution in [2.75, 3.05) is 24.0 Å². The maximum absolute atomic E-state index is 13.2. The van der Waals surface area contributed by atoms with Crippen LogP contribution in [0.1, 0.15) is 42.0 Å². The Morgan fingerprint density at radius 1 is 0.977 bits per heavy atom. The number of amides is 5. The third-order valence-corrected chi connectivity index (χ3v) is 7.30. The second kappa shape index (κ2) is 13.1. The number of hydrogen-bond acceptors (Lipinski definition) is 6. The molecule has 5 rings (SSSR count). The number of fused-ring (bicyclic) bond motifs is 1. The van der Waals surface area contributed by atoms with E-state index in [9.17, 15) is 24.3 Å². The summed E-state index contributed by atoms with van der Waals surface area (Å²) < 4.78 is 10.7. The first-order valence-corrected chi connectivity index (χ1v) is 13.9. The summed E-state index contributed by atoms with van der Waals surface area (Å²) >= 11 is 0. The number of nitrogens with one attached hydrogen (secondary N) is 4. The maximum Gasteiger partial charge on any atom is 0.323 e. The molecule has 0 unspecified atom stereocenters. The summed E-state index contributed by atoms with van der Waals surface area (Å²) in [6.07, 6.45) is 0.807. The molecule has 2 aliphatic rings. The number of piperidine rings is 1. The molecule has 2 heterocycles.